The molecular weight excluding hydrogens is 154 g/mol. The highest BCUT2D eigenvalue weighted by Crippen LogP contribution is 2.14. The van der Waals surface area contributed by atoms with Crippen molar-refractivity contribution in [1.82, 2.24) is 4.98 Å². The van der Waals surface area contributed by atoms with Crippen LogP contribution in [-0.4, -0.2) is 21.8 Å². The van der Waals surface area contributed by atoms with E-state index in [1.54, 1.807) is 6.20 Å². The van der Waals surface area contributed by atoms with Crippen molar-refractivity contribution in [3.8, 4) is 0 Å². The quantitative estimate of drug-likeness (QED) is 0.700. The fourth-order valence-corrected chi connectivity index (χ4v) is 0.965. The highest BCUT2D eigenvalue weighted by atomic mass is 16.3. The summed E-state index contributed by atoms with van der Waals surface area (Å²) in [6.45, 7) is 1.89. The zero-order valence-corrected chi connectivity index (χ0v) is 7.07. The molecule has 0 aliphatic carbocycles. The van der Waals surface area contributed by atoms with Gasteiger partial charge in [-0.15, -0.1) is 0 Å². The van der Waals surface area contributed by atoms with Crippen LogP contribution in [0.25, 0.3) is 0 Å². The minimum atomic E-state index is -0.594. The topological polar surface area (TPSA) is 53.4 Å². The molecule has 1 atom stereocenters. The molecule has 1 rings (SSSR count). The number of aliphatic hydroxyl groups is 2. The second kappa shape index (κ2) is 4.18. The van der Waals surface area contributed by atoms with E-state index in [0.717, 1.165) is 11.3 Å². The molecule has 1 heterocycles. The minimum absolute atomic E-state index is 0.00492. The smallest absolute Gasteiger partial charge is 0.0826 e. The van der Waals surface area contributed by atoms with Gasteiger partial charge in [0.05, 0.1) is 6.10 Å². The van der Waals surface area contributed by atoms with Gasteiger partial charge in [0.25, 0.3) is 0 Å². The van der Waals surface area contributed by atoms with Crippen LogP contribution in [0.2, 0.25) is 0 Å². The second-order valence-electron chi connectivity index (χ2n) is 2.76. The molecule has 0 bridgehead atoms. The molecule has 0 amide bonds. The molecular formula is C9H13NO2. The molecule has 0 saturated carbocycles. The Bertz CT molecular complexity index is 233. The van der Waals surface area contributed by atoms with Crippen LogP contribution in [0.15, 0.2) is 18.3 Å². The first-order valence-corrected chi connectivity index (χ1v) is 3.95. The number of nitrogens with zero attached hydrogens (tertiary/aromatic N) is 1. The Hall–Kier alpha value is -0.930. The molecule has 0 spiro atoms. The molecule has 0 fully saturated rings. The maximum atomic E-state index is 9.41. The minimum Gasteiger partial charge on any atom is -0.396 e. The lowest BCUT2D eigenvalue weighted by molar-refractivity contribution is 0.134. The van der Waals surface area contributed by atoms with Gasteiger partial charge in [0.2, 0.25) is 0 Å². The molecule has 1 aromatic heterocycles. The molecule has 1 aromatic rings. The van der Waals surface area contributed by atoms with Gasteiger partial charge >= 0.3 is 0 Å². The molecule has 0 aromatic carbocycles. The number of aromatic nitrogens is 1. The average molecular weight is 167 g/mol. The number of hydrogen-bond acceptors (Lipinski definition) is 3. The van der Waals surface area contributed by atoms with Crippen molar-refractivity contribution in [2.45, 2.75) is 19.4 Å². The van der Waals surface area contributed by atoms with E-state index in [0.29, 0.717) is 6.42 Å². The van der Waals surface area contributed by atoms with E-state index < -0.39 is 6.10 Å². The van der Waals surface area contributed by atoms with E-state index in [4.69, 9.17) is 5.11 Å². The fourth-order valence-electron chi connectivity index (χ4n) is 0.965. The van der Waals surface area contributed by atoms with Crippen LogP contribution in [0, 0.1) is 6.92 Å². The van der Waals surface area contributed by atoms with Crippen molar-refractivity contribution in [3.05, 3.63) is 29.6 Å². The van der Waals surface area contributed by atoms with Crippen LogP contribution in [0.1, 0.15) is 23.8 Å². The number of rotatable bonds is 3. The van der Waals surface area contributed by atoms with Crippen LogP contribution in [0.3, 0.4) is 0 Å². The molecule has 3 heteroatoms. The normalized spacial score (nSPS) is 12.9. The lowest BCUT2D eigenvalue weighted by Crippen LogP contribution is -2.00. The summed E-state index contributed by atoms with van der Waals surface area (Å²) in [5, 5.41) is 18.0. The molecule has 66 valence electrons. The molecule has 12 heavy (non-hydrogen) atoms. The summed E-state index contributed by atoms with van der Waals surface area (Å²) < 4.78 is 0. The van der Waals surface area contributed by atoms with E-state index >= 15 is 0 Å². The Morgan fingerprint density at radius 2 is 2.25 bits per heavy atom. The highest BCUT2D eigenvalue weighted by molar-refractivity contribution is 5.15. The van der Waals surface area contributed by atoms with Gasteiger partial charge in [-0.25, -0.2) is 0 Å². The third kappa shape index (κ3) is 2.29. The number of aryl methyl sites for hydroxylation is 1. The monoisotopic (exact) mass is 167 g/mol. The van der Waals surface area contributed by atoms with Crippen molar-refractivity contribution in [2.75, 3.05) is 6.61 Å². The predicted octanol–water partition coefficient (Wildman–Crippen LogP) is 0.806. The predicted molar refractivity (Wildman–Crippen MR) is 45.6 cm³/mol. The Morgan fingerprint density at radius 3 is 2.75 bits per heavy atom. The largest absolute Gasteiger partial charge is 0.396 e. The van der Waals surface area contributed by atoms with Crippen molar-refractivity contribution in [1.29, 1.82) is 0 Å². The molecule has 3 nitrogen and oxygen atoms in total. The first-order valence-electron chi connectivity index (χ1n) is 3.95. The van der Waals surface area contributed by atoms with Gasteiger partial charge in [-0.1, -0.05) is 6.07 Å². The maximum Gasteiger partial charge on any atom is 0.0826 e. The van der Waals surface area contributed by atoms with Crippen molar-refractivity contribution < 1.29 is 10.2 Å². The number of aliphatic hydroxyl groups excluding tert-OH is 2. The fraction of sp³-hybridized carbons (Fsp3) is 0.444. The van der Waals surface area contributed by atoms with Crippen LogP contribution in [0.4, 0.5) is 0 Å². The van der Waals surface area contributed by atoms with E-state index in [1.165, 1.54) is 0 Å². The van der Waals surface area contributed by atoms with E-state index in [2.05, 4.69) is 4.98 Å². The van der Waals surface area contributed by atoms with Gasteiger partial charge in [-0.2, -0.15) is 0 Å². The Morgan fingerprint density at radius 1 is 1.50 bits per heavy atom. The van der Waals surface area contributed by atoms with Gasteiger partial charge in [0.15, 0.2) is 0 Å². The summed E-state index contributed by atoms with van der Waals surface area (Å²) in [4.78, 5) is 4.04. The highest BCUT2D eigenvalue weighted by Gasteiger charge is 2.05. The zero-order valence-electron chi connectivity index (χ0n) is 7.07. The first kappa shape index (κ1) is 9.16. The Kier molecular flexibility index (Phi) is 3.19. The van der Waals surface area contributed by atoms with E-state index in [1.807, 2.05) is 19.1 Å². The lowest BCUT2D eigenvalue weighted by Gasteiger charge is -2.07. The van der Waals surface area contributed by atoms with Gasteiger partial charge < -0.3 is 10.2 Å². The SMILES string of the molecule is Cc1ccc(C(O)CCO)cn1. The summed E-state index contributed by atoms with van der Waals surface area (Å²) in [7, 11) is 0. The maximum absolute atomic E-state index is 9.41. The van der Waals surface area contributed by atoms with Crippen LogP contribution in [0.5, 0.6) is 0 Å². The van der Waals surface area contributed by atoms with Gasteiger partial charge in [-0.3, -0.25) is 4.98 Å². The second-order valence-corrected chi connectivity index (χ2v) is 2.76. The van der Waals surface area contributed by atoms with Crippen LogP contribution >= 0.6 is 0 Å². The van der Waals surface area contributed by atoms with Crippen LogP contribution < -0.4 is 0 Å². The van der Waals surface area contributed by atoms with Gasteiger partial charge in [-0.05, 0) is 18.6 Å². The average Bonchev–Trinajstić information content (AvgIpc) is 2.06. The Labute approximate surface area is 71.7 Å². The summed E-state index contributed by atoms with van der Waals surface area (Å²) >= 11 is 0. The molecule has 2 N–H and O–H groups in total. The number of hydrogen-bond donors (Lipinski definition) is 2. The standard InChI is InChI=1S/C9H13NO2/c1-7-2-3-8(6-10-7)9(12)4-5-11/h2-3,6,9,11-12H,4-5H2,1H3. The van der Waals surface area contributed by atoms with E-state index in [-0.39, 0.29) is 6.61 Å². The summed E-state index contributed by atoms with van der Waals surface area (Å²) in [6.07, 6.45) is 1.41. The number of pyridine rings is 1. The third-order valence-corrected chi connectivity index (χ3v) is 1.72. The van der Waals surface area contributed by atoms with Crippen molar-refractivity contribution in [3.63, 3.8) is 0 Å². The molecule has 0 aliphatic heterocycles. The van der Waals surface area contributed by atoms with Crippen LogP contribution in [-0.2, 0) is 0 Å². The molecule has 0 saturated heterocycles. The lowest BCUT2D eigenvalue weighted by atomic mass is 10.1. The van der Waals surface area contributed by atoms with Gasteiger partial charge in [0, 0.05) is 24.9 Å². The van der Waals surface area contributed by atoms with Gasteiger partial charge in [0.1, 0.15) is 0 Å². The van der Waals surface area contributed by atoms with Crippen molar-refractivity contribution >= 4 is 0 Å². The zero-order chi connectivity index (χ0) is 8.97. The molecule has 0 radical (unpaired) electrons. The summed E-state index contributed by atoms with van der Waals surface area (Å²) in [6, 6.07) is 3.67. The Balaban J connectivity index is 2.68. The summed E-state index contributed by atoms with van der Waals surface area (Å²) in [5.74, 6) is 0. The molecule has 0 aliphatic rings. The van der Waals surface area contributed by atoms with E-state index in [9.17, 15) is 5.11 Å². The first-order chi connectivity index (χ1) is 5.74. The summed E-state index contributed by atoms with van der Waals surface area (Å²) in [5.41, 5.74) is 1.68. The molecule has 1 unspecified atom stereocenters. The van der Waals surface area contributed by atoms with Crippen molar-refractivity contribution in [2.24, 2.45) is 0 Å². The third-order valence-electron chi connectivity index (χ3n) is 1.72.